The number of methoxy groups -OCH3 is 1. The van der Waals surface area contributed by atoms with Crippen LogP contribution in [0, 0.1) is 0 Å². The van der Waals surface area contributed by atoms with Crippen LogP contribution in [-0.2, 0) is 6.42 Å². The number of carbonyl (C=O) groups excluding carboxylic acids is 1. The van der Waals surface area contributed by atoms with E-state index >= 15 is 0 Å². The summed E-state index contributed by atoms with van der Waals surface area (Å²) in [4.78, 5) is 13.3. The third-order valence-corrected chi connectivity index (χ3v) is 7.07. The van der Waals surface area contributed by atoms with Crippen molar-refractivity contribution in [2.24, 2.45) is 0 Å². The summed E-state index contributed by atoms with van der Waals surface area (Å²) in [6, 6.07) is 20.5. The van der Waals surface area contributed by atoms with Gasteiger partial charge in [-0.1, -0.05) is 54.6 Å². The van der Waals surface area contributed by atoms with Crippen molar-refractivity contribution in [2.45, 2.75) is 31.3 Å². The van der Waals surface area contributed by atoms with Gasteiger partial charge < -0.3 is 35.4 Å². The molecule has 222 valence electrons. The highest BCUT2D eigenvalue weighted by molar-refractivity contribution is 6.11. The Hall–Kier alpha value is -5.21. The summed E-state index contributed by atoms with van der Waals surface area (Å²) < 4.78 is 5.33. The molecule has 4 aromatic carbocycles. The molecule has 0 aliphatic carbocycles. The summed E-state index contributed by atoms with van der Waals surface area (Å²) in [5.41, 5.74) is 2.16. The number of ether oxygens (including phenoxy) is 1. The smallest absolute Gasteiger partial charge is 0.193 e. The van der Waals surface area contributed by atoms with E-state index in [1.165, 1.54) is 49.6 Å². The quantitative estimate of drug-likeness (QED) is 0.0658. The normalized spacial score (nSPS) is 12.9. The number of hydrogen-bond acceptors (Lipinski definition) is 8. The van der Waals surface area contributed by atoms with E-state index in [1.54, 1.807) is 60.7 Å². The predicted molar refractivity (Wildman–Crippen MR) is 164 cm³/mol. The average molecular weight is 583 g/mol. The maximum Gasteiger partial charge on any atom is 0.193 e. The largest absolute Gasteiger partial charge is 0.508 e. The summed E-state index contributed by atoms with van der Waals surface area (Å²) in [5.74, 6) is -1.80. The van der Waals surface area contributed by atoms with Gasteiger partial charge in [-0.05, 0) is 78.4 Å². The van der Waals surface area contributed by atoms with Gasteiger partial charge in [0.1, 0.15) is 40.1 Å². The highest BCUT2D eigenvalue weighted by atomic mass is 16.5. The van der Waals surface area contributed by atoms with E-state index in [1.807, 2.05) is 0 Å². The number of aliphatic hydroxyl groups is 1. The molecule has 0 radical (unpaired) electrons. The van der Waals surface area contributed by atoms with Gasteiger partial charge in [-0.3, -0.25) is 4.79 Å². The monoisotopic (exact) mass is 582 g/mol. The van der Waals surface area contributed by atoms with Gasteiger partial charge in [-0.2, -0.15) is 0 Å². The zero-order chi connectivity index (χ0) is 30.9. The molecular weight excluding hydrogens is 548 g/mol. The third-order valence-electron chi connectivity index (χ3n) is 7.07. The maximum absolute atomic E-state index is 13.3. The summed E-state index contributed by atoms with van der Waals surface area (Å²) in [7, 11) is 1.32. The van der Waals surface area contributed by atoms with Crippen LogP contribution in [0.25, 0.3) is 6.08 Å². The van der Waals surface area contributed by atoms with Crippen LogP contribution in [0.4, 0.5) is 0 Å². The Morgan fingerprint density at radius 3 is 2.02 bits per heavy atom. The zero-order valence-electron chi connectivity index (χ0n) is 23.6. The topological polar surface area (TPSA) is 148 Å². The summed E-state index contributed by atoms with van der Waals surface area (Å²) >= 11 is 0. The molecule has 43 heavy (non-hydrogen) atoms. The minimum atomic E-state index is -0.747. The average Bonchev–Trinajstić information content (AvgIpc) is 2.99. The first-order valence-electron chi connectivity index (χ1n) is 13.7. The predicted octanol–water partition coefficient (Wildman–Crippen LogP) is 6.19. The van der Waals surface area contributed by atoms with Crippen LogP contribution >= 0.6 is 0 Å². The van der Waals surface area contributed by atoms with Crippen LogP contribution in [0.2, 0.25) is 0 Å². The number of allylic oxidation sites excluding steroid dienone is 2. The van der Waals surface area contributed by atoms with Gasteiger partial charge in [0, 0.05) is 17.5 Å². The lowest BCUT2D eigenvalue weighted by Gasteiger charge is -2.20. The van der Waals surface area contributed by atoms with Crippen LogP contribution in [0.3, 0.4) is 0 Å². The Bertz CT molecular complexity index is 1590. The van der Waals surface area contributed by atoms with E-state index in [4.69, 9.17) is 4.74 Å². The fraction of sp³-hybridized carbons (Fsp3) is 0.171. The standard InChI is InChI=1S/C35H34O8/c1-43-32-21-31(41)33(35(42)34(32)30(40)20-10-23-8-16-27(38)17-9-23)29(24-11-18-28(39)19-12-24)4-2-3-25(36)13-5-22-6-14-26(37)15-7-22/h2,4,6-12,14-21,25,29,36-39,41-42H,3,5,13H2,1H3/b4-2+,20-10+. The Kier molecular flexibility index (Phi) is 10.1. The second-order valence-electron chi connectivity index (χ2n) is 10.1. The van der Waals surface area contributed by atoms with Crippen LogP contribution < -0.4 is 4.74 Å². The number of ketones is 1. The van der Waals surface area contributed by atoms with E-state index in [9.17, 15) is 35.4 Å². The molecule has 0 saturated carbocycles. The lowest BCUT2D eigenvalue weighted by Crippen LogP contribution is -2.08. The van der Waals surface area contributed by atoms with E-state index in [-0.39, 0.29) is 46.3 Å². The molecule has 0 fully saturated rings. The molecule has 6 N–H and O–H groups in total. The Labute approximate surface area is 249 Å². The van der Waals surface area contributed by atoms with Crippen LogP contribution in [0.1, 0.15) is 51.4 Å². The van der Waals surface area contributed by atoms with Crippen LogP contribution in [0.15, 0.2) is 97.1 Å². The molecule has 8 nitrogen and oxygen atoms in total. The summed E-state index contributed by atoms with van der Waals surface area (Å²) in [6.45, 7) is 0. The SMILES string of the molecule is COc1cc(O)c(C(/C=C/CC(O)CCc2ccc(O)cc2)c2ccc(O)cc2)c(O)c1C(=O)/C=C/c1ccc(O)cc1. The number of carbonyl (C=O) groups is 1. The first-order chi connectivity index (χ1) is 20.7. The Morgan fingerprint density at radius 2 is 1.42 bits per heavy atom. The van der Waals surface area contributed by atoms with Gasteiger partial charge in [-0.25, -0.2) is 0 Å². The number of phenols is 5. The van der Waals surface area contributed by atoms with E-state index in [0.29, 0.717) is 24.0 Å². The molecule has 2 atom stereocenters. The molecule has 0 saturated heterocycles. The second kappa shape index (κ2) is 14.1. The summed E-state index contributed by atoms with van der Waals surface area (Å²) in [5, 5.41) is 61.9. The van der Waals surface area contributed by atoms with Crippen molar-refractivity contribution in [1.29, 1.82) is 0 Å². The fourth-order valence-corrected chi connectivity index (χ4v) is 4.73. The van der Waals surface area contributed by atoms with Gasteiger partial charge in [-0.15, -0.1) is 0 Å². The lowest BCUT2D eigenvalue weighted by molar-refractivity contribution is 0.104. The lowest BCUT2D eigenvalue weighted by atomic mass is 9.86. The molecule has 8 heteroatoms. The van der Waals surface area contributed by atoms with Crippen molar-refractivity contribution in [3.05, 3.63) is 125 Å². The number of aliphatic hydroxyl groups excluding tert-OH is 1. The first kappa shape index (κ1) is 30.7. The van der Waals surface area contributed by atoms with Gasteiger partial charge in [0.05, 0.1) is 13.2 Å². The molecule has 0 amide bonds. The number of aromatic hydroxyl groups is 5. The fourth-order valence-electron chi connectivity index (χ4n) is 4.73. The summed E-state index contributed by atoms with van der Waals surface area (Å²) in [6.07, 6.45) is 6.96. The van der Waals surface area contributed by atoms with E-state index < -0.39 is 23.6 Å². The van der Waals surface area contributed by atoms with Gasteiger partial charge in [0.15, 0.2) is 5.78 Å². The molecule has 0 bridgehead atoms. The van der Waals surface area contributed by atoms with E-state index in [0.717, 1.165) is 5.56 Å². The number of hydrogen-bond donors (Lipinski definition) is 6. The minimum absolute atomic E-state index is 0.0165. The van der Waals surface area contributed by atoms with Crippen molar-refractivity contribution in [2.75, 3.05) is 7.11 Å². The molecule has 0 aromatic heterocycles. The molecule has 0 aliphatic rings. The number of phenolic OH excluding ortho intramolecular Hbond substituents is 5. The second-order valence-corrected chi connectivity index (χ2v) is 10.1. The first-order valence-corrected chi connectivity index (χ1v) is 13.7. The molecule has 2 unspecified atom stereocenters. The maximum atomic E-state index is 13.3. The number of rotatable bonds is 12. The molecule has 4 rings (SSSR count). The highest BCUT2D eigenvalue weighted by Gasteiger charge is 2.27. The highest BCUT2D eigenvalue weighted by Crippen LogP contribution is 2.45. The number of aryl methyl sites for hydroxylation is 1. The van der Waals surface area contributed by atoms with Crippen molar-refractivity contribution in [3.63, 3.8) is 0 Å². The van der Waals surface area contributed by atoms with Crippen molar-refractivity contribution in [3.8, 4) is 34.5 Å². The molecule has 0 spiro atoms. The van der Waals surface area contributed by atoms with Crippen molar-refractivity contribution in [1.82, 2.24) is 0 Å². The molecule has 0 heterocycles. The van der Waals surface area contributed by atoms with Gasteiger partial charge in [0.2, 0.25) is 0 Å². The Morgan fingerprint density at radius 1 is 0.837 bits per heavy atom. The van der Waals surface area contributed by atoms with Gasteiger partial charge >= 0.3 is 0 Å². The molecular formula is C35H34O8. The van der Waals surface area contributed by atoms with Crippen LogP contribution in [-0.4, -0.2) is 49.6 Å². The van der Waals surface area contributed by atoms with Crippen molar-refractivity contribution < 1.29 is 40.2 Å². The van der Waals surface area contributed by atoms with Crippen molar-refractivity contribution >= 4 is 11.9 Å². The zero-order valence-corrected chi connectivity index (χ0v) is 23.6. The number of benzene rings is 4. The van der Waals surface area contributed by atoms with Crippen LogP contribution in [0.5, 0.6) is 34.5 Å². The molecule has 0 aliphatic heterocycles. The van der Waals surface area contributed by atoms with E-state index in [2.05, 4.69) is 0 Å². The molecule has 4 aromatic rings. The third kappa shape index (κ3) is 7.96. The van der Waals surface area contributed by atoms with Gasteiger partial charge in [0.25, 0.3) is 0 Å². The minimum Gasteiger partial charge on any atom is -0.508 e. The Balaban J connectivity index is 1.64.